The van der Waals surface area contributed by atoms with Crippen molar-refractivity contribution < 1.29 is 4.21 Å². The second-order valence-electron chi connectivity index (χ2n) is 3.75. The monoisotopic (exact) mass is 237 g/mol. The highest BCUT2D eigenvalue weighted by molar-refractivity contribution is 7.84. The van der Waals surface area contributed by atoms with Gasteiger partial charge in [0.2, 0.25) is 0 Å². The third-order valence-corrected chi connectivity index (χ3v) is 3.18. The van der Waals surface area contributed by atoms with E-state index in [-0.39, 0.29) is 0 Å². The standard InChI is InChI=1S/C11H15N3OS/c1-16(15)5-4-12-7-9-2-3-10-8-13-14-11(10)6-9/h2-3,6,8,12H,4-5,7H2,1H3,(H,13,14). The summed E-state index contributed by atoms with van der Waals surface area (Å²) < 4.78 is 10.9. The van der Waals surface area contributed by atoms with E-state index < -0.39 is 10.8 Å². The summed E-state index contributed by atoms with van der Waals surface area (Å²) in [4.78, 5) is 0. The third-order valence-electron chi connectivity index (χ3n) is 2.40. The number of rotatable bonds is 5. The van der Waals surface area contributed by atoms with Gasteiger partial charge in [0, 0.05) is 41.3 Å². The lowest BCUT2D eigenvalue weighted by Gasteiger charge is -2.03. The highest BCUT2D eigenvalue weighted by Gasteiger charge is 1.98. The van der Waals surface area contributed by atoms with E-state index in [0.29, 0.717) is 5.75 Å². The van der Waals surface area contributed by atoms with Crippen molar-refractivity contribution in [2.24, 2.45) is 0 Å². The molecule has 1 aromatic heterocycles. The maximum absolute atomic E-state index is 10.9. The van der Waals surface area contributed by atoms with Crippen LogP contribution in [-0.2, 0) is 17.3 Å². The molecule has 16 heavy (non-hydrogen) atoms. The van der Waals surface area contributed by atoms with Crippen molar-refractivity contribution >= 4 is 21.7 Å². The van der Waals surface area contributed by atoms with Crippen LogP contribution in [0.3, 0.4) is 0 Å². The normalized spacial score (nSPS) is 13.1. The molecule has 1 atom stereocenters. The lowest BCUT2D eigenvalue weighted by Crippen LogP contribution is -2.19. The van der Waals surface area contributed by atoms with Crippen LogP contribution in [0.2, 0.25) is 0 Å². The Morgan fingerprint density at radius 3 is 3.19 bits per heavy atom. The molecular weight excluding hydrogens is 222 g/mol. The van der Waals surface area contributed by atoms with Gasteiger partial charge in [0.05, 0.1) is 11.7 Å². The minimum absolute atomic E-state index is 0.701. The van der Waals surface area contributed by atoms with Crippen LogP contribution in [0.4, 0.5) is 0 Å². The molecule has 0 fully saturated rings. The lowest BCUT2D eigenvalue weighted by atomic mass is 10.2. The molecule has 0 spiro atoms. The minimum atomic E-state index is -0.718. The first-order valence-electron chi connectivity index (χ1n) is 5.18. The van der Waals surface area contributed by atoms with Crippen LogP contribution in [0.1, 0.15) is 5.56 Å². The van der Waals surface area contributed by atoms with E-state index in [0.717, 1.165) is 24.0 Å². The molecule has 0 aliphatic carbocycles. The predicted molar refractivity (Wildman–Crippen MR) is 66.7 cm³/mol. The van der Waals surface area contributed by atoms with E-state index in [1.165, 1.54) is 5.56 Å². The number of aromatic amines is 1. The first-order valence-corrected chi connectivity index (χ1v) is 6.91. The van der Waals surface area contributed by atoms with Gasteiger partial charge >= 0.3 is 0 Å². The van der Waals surface area contributed by atoms with Crippen LogP contribution in [0.15, 0.2) is 24.4 Å². The zero-order valence-corrected chi connectivity index (χ0v) is 10.0. The Balaban J connectivity index is 1.91. The summed E-state index contributed by atoms with van der Waals surface area (Å²) in [6.07, 6.45) is 3.53. The Hall–Kier alpha value is -1.20. The van der Waals surface area contributed by atoms with Crippen molar-refractivity contribution in [1.82, 2.24) is 15.5 Å². The minimum Gasteiger partial charge on any atom is -0.312 e. The molecular formula is C11H15N3OS. The van der Waals surface area contributed by atoms with Gasteiger partial charge in [0.25, 0.3) is 0 Å². The van der Waals surface area contributed by atoms with Crippen molar-refractivity contribution in [3.05, 3.63) is 30.0 Å². The van der Waals surface area contributed by atoms with Crippen molar-refractivity contribution in [2.45, 2.75) is 6.54 Å². The first kappa shape index (κ1) is 11.3. The van der Waals surface area contributed by atoms with E-state index in [1.54, 1.807) is 6.26 Å². The molecule has 1 aromatic carbocycles. The zero-order valence-electron chi connectivity index (χ0n) is 9.19. The van der Waals surface area contributed by atoms with Crippen LogP contribution in [0.5, 0.6) is 0 Å². The molecule has 0 saturated carbocycles. The number of nitrogens with one attached hydrogen (secondary N) is 2. The number of nitrogens with zero attached hydrogens (tertiary/aromatic N) is 1. The van der Waals surface area contributed by atoms with Gasteiger partial charge in [-0.15, -0.1) is 0 Å². The first-order chi connectivity index (χ1) is 7.75. The van der Waals surface area contributed by atoms with Crippen molar-refractivity contribution in [2.75, 3.05) is 18.6 Å². The highest BCUT2D eigenvalue weighted by atomic mass is 32.2. The maximum Gasteiger partial charge on any atom is 0.0653 e. The van der Waals surface area contributed by atoms with Gasteiger partial charge in [-0.3, -0.25) is 9.31 Å². The van der Waals surface area contributed by atoms with Gasteiger partial charge in [0.1, 0.15) is 0 Å². The Morgan fingerprint density at radius 2 is 2.38 bits per heavy atom. The SMILES string of the molecule is CS(=O)CCNCc1ccc2cn[nH]c2c1. The van der Waals surface area contributed by atoms with Crippen LogP contribution >= 0.6 is 0 Å². The third kappa shape index (κ3) is 2.90. The molecule has 0 radical (unpaired) electrons. The van der Waals surface area contributed by atoms with Gasteiger partial charge in [-0.2, -0.15) is 5.10 Å². The topological polar surface area (TPSA) is 57.8 Å². The molecule has 1 heterocycles. The largest absolute Gasteiger partial charge is 0.312 e. The molecule has 2 N–H and O–H groups in total. The van der Waals surface area contributed by atoms with E-state index in [4.69, 9.17) is 0 Å². The molecule has 0 saturated heterocycles. The van der Waals surface area contributed by atoms with Gasteiger partial charge in [-0.25, -0.2) is 0 Å². The second-order valence-corrected chi connectivity index (χ2v) is 5.30. The number of fused-ring (bicyclic) bond motifs is 1. The molecule has 0 amide bonds. The van der Waals surface area contributed by atoms with E-state index in [9.17, 15) is 4.21 Å². The van der Waals surface area contributed by atoms with Gasteiger partial charge < -0.3 is 5.32 Å². The average molecular weight is 237 g/mol. The van der Waals surface area contributed by atoms with Gasteiger partial charge in [0.15, 0.2) is 0 Å². The lowest BCUT2D eigenvalue weighted by molar-refractivity contribution is 0.677. The highest BCUT2D eigenvalue weighted by Crippen LogP contribution is 2.12. The fraction of sp³-hybridized carbons (Fsp3) is 0.364. The molecule has 5 heteroatoms. The number of hydrogen-bond acceptors (Lipinski definition) is 3. The summed E-state index contributed by atoms with van der Waals surface area (Å²) in [5, 5.41) is 11.3. The molecule has 0 aliphatic rings. The molecule has 2 rings (SSSR count). The smallest absolute Gasteiger partial charge is 0.0653 e. The molecule has 0 bridgehead atoms. The summed E-state index contributed by atoms with van der Waals surface area (Å²) in [7, 11) is -0.718. The molecule has 4 nitrogen and oxygen atoms in total. The molecule has 2 aromatic rings. The summed E-state index contributed by atoms with van der Waals surface area (Å²) in [5.41, 5.74) is 2.26. The summed E-state index contributed by atoms with van der Waals surface area (Å²) in [5.74, 6) is 0.701. The van der Waals surface area contributed by atoms with E-state index >= 15 is 0 Å². The molecule has 0 aliphatic heterocycles. The van der Waals surface area contributed by atoms with Gasteiger partial charge in [-0.05, 0) is 11.6 Å². The number of H-pyrrole nitrogens is 1. The molecule has 86 valence electrons. The zero-order chi connectivity index (χ0) is 11.4. The Morgan fingerprint density at radius 1 is 1.50 bits per heavy atom. The van der Waals surface area contributed by atoms with Crippen molar-refractivity contribution in [1.29, 1.82) is 0 Å². The Kier molecular flexibility index (Phi) is 3.69. The van der Waals surface area contributed by atoms with Crippen molar-refractivity contribution in [3.63, 3.8) is 0 Å². The Labute approximate surface area is 96.9 Å². The van der Waals surface area contributed by atoms with Gasteiger partial charge in [-0.1, -0.05) is 12.1 Å². The summed E-state index contributed by atoms with van der Waals surface area (Å²) in [6.45, 7) is 1.58. The van der Waals surface area contributed by atoms with Crippen LogP contribution in [0, 0.1) is 0 Å². The number of aromatic nitrogens is 2. The van der Waals surface area contributed by atoms with Crippen LogP contribution < -0.4 is 5.32 Å². The van der Waals surface area contributed by atoms with E-state index in [1.807, 2.05) is 12.3 Å². The Bertz CT molecular complexity index is 495. The molecule has 1 unspecified atom stereocenters. The second kappa shape index (κ2) is 5.23. The predicted octanol–water partition coefficient (Wildman–Crippen LogP) is 1.03. The van der Waals surface area contributed by atoms with E-state index in [2.05, 4.69) is 27.6 Å². The fourth-order valence-corrected chi connectivity index (χ4v) is 1.97. The van der Waals surface area contributed by atoms with Crippen LogP contribution in [0.25, 0.3) is 10.9 Å². The summed E-state index contributed by atoms with van der Waals surface area (Å²) in [6, 6.07) is 6.21. The summed E-state index contributed by atoms with van der Waals surface area (Å²) >= 11 is 0. The quantitative estimate of drug-likeness (QED) is 0.764. The van der Waals surface area contributed by atoms with Crippen LogP contribution in [-0.4, -0.2) is 33.0 Å². The number of hydrogen-bond donors (Lipinski definition) is 2. The maximum atomic E-state index is 10.9. The fourth-order valence-electron chi connectivity index (χ4n) is 1.54. The average Bonchev–Trinajstić information content (AvgIpc) is 2.71. The van der Waals surface area contributed by atoms with Crippen molar-refractivity contribution in [3.8, 4) is 0 Å². The number of benzene rings is 1.